The highest BCUT2D eigenvalue weighted by atomic mass is 16.2. The van der Waals surface area contributed by atoms with Crippen molar-refractivity contribution in [1.82, 2.24) is 15.1 Å². The van der Waals surface area contributed by atoms with Gasteiger partial charge in [0.2, 0.25) is 0 Å². The van der Waals surface area contributed by atoms with Gasteiger partial charge in [0, 0.05) is 50.5 Å². The Balaban J connectivity index is 1.32. The van der Waals surface area contributed by atoms with Crippen LogP contribution in [-0.4, -0.2) is 67.2 Å². The number of hydrogen-bond acceptors (Lipinski definition) is 3. The van der Waals surface area contributed by atoms with Crippen LogP contribution in [0.4, 0.5) is 10.5 Å². The van der Waals surface area contributed by atoms with E-state index in [1.54, 1.807) is 0 Å². The van der Waals surface area contributed by atoms with Gasteiger partial charge in [0.25, 0.3) is 0 Å². The van der Waals surface area contributed by atoms with E-state index in [1.165, 1.54) is 25.1 Å². The number of piperazine rings is 1. The number of carbonyl (C=O) groups excluding carboxylic acids is 1. The summed E-state index contributed by atoms with van der Waals surface area (Å²) in [6, 6.07) is 11.5. The summed E-state index contributed by atoms with van der Waals surface area (Å²) < 4.78 is 0. The molecule has 2 amide bonds. The molecule has 5 heteroatoms. The first-order valence-corrected chi connectivity index (χ1v) is 9.39. The smallest absolute Gasteiger partial charge is 0.317 e. The van der Waals surface area contributed by atoms with Crippen LogP contribution in [0.15, 0.2) is 30.3 Å². The number of amides is 2. The third-order valence-corrected chi connectivity index (χ3v) is 5.74. The Morgan fingerprint density at radius 1 is 0.958 bits per heavy atom. The summed E-state index contributed by atoms with van der Waals surface area (Å²) >= 11 is 0. The maximum atomic E-state index is 12.7. The zero-order valence-corrected chi connectivity index (χ0v) is 14.4. The lowest BCUT2D eigenvalue weighted by molar-refractivity contribution is 0.115. The summed E-state index contributed by atoms with van der Waals surface area (Å²) in [5, 5.41) is 3.30. The molecule has 0 bridgehead atoms. The van der Waals surface area contributed by atoms with Crippen LogP contribution in [0.3, 0.4) is 0 Å². The summed E-state index contributed by atoms with van der Waals surface area (Å²) in [4.78, 5) is 19.6. The summed E-state index contributed by atoms with van der Waals surface area (Å²) in [6.07, 6.45) is 4.75. The van der Waals surface area contributed by atoms with Gasteiger partial charge in [-0.05, 0) is 44.4 Å². The number of nitrogens with one attached hydrogen (secondary N) is 1. The molecule has 130 valence electrons. The van der Waals surface area contributed by atoms with Gasteiger partial charge >= 0.3 is 6.03 Å². The van der Waals surface area contributed by atoms with Crippen LogP contribution in [0.2, 0.25) is 0 Å². The van der Waals surface area contributed by atoms with Crippen molar-refractivity contribution in [3.63, 3.8) is 0 Å². The molecule has 1 N–H and O–H groups in total. The maximum Gasteiger partial charge on any atom is 0.317 e. The summed E-state index contributed by atoms with van der Waals surface area (Å²) in [5.74, 6) is 0. The van der Waals surface area contributed by atoms with E-state index in [1.807, 2.05) is 4.90 Å². The SMILES string of the molecule is O=C(NC1CCCN(c2ccccc2)C1)N1CCN2CCCC2C1. The van der Waals surface area contributed by atoms with E-state index in [0.29, 0.717) is 6.04 Å². The number of para-hydroxylation sites is 1. The van der Waals surface area contributed by atoms with E-state index >= 15 is 0 Å². The molecule has 3 heterocycles. The highest BCUT2D eigenvalue weighted by molar-refractivity contribution is 5.75. The normalized spacial score (nSPS) is 27.8. The van der Waals surface area contributed by atoms with E-state index in [0.717, 1.165) is 45.6 Å². The molecule has 2 unspecified atom stereocenters. The predicted molar refractivity (Wildman–Crippen MR) is 96.4 cm³/mol. The van der Waals surface area contributed by atoms with Gasteiger partial charge in [-0.1, -0.05) is 18.2 Å². The Kier molecular flexibility index (Phi) is 4.60. The molecule has 0 aliphatic carbocycles. The van der Waals surface area contributed by atoms with Gasteiger partial charge in [-0.25, -0.2) is 4.79 Å². The average Bonchev–Trinajstić information content (AvgIpc) is 3.10. The molecule has 5 nitrogen and oxygen atoms in total. The van der Waals surface area contributed by atoms with Crippen molar-refractivity contribution in [2.75, 3.05) is 44.2 Å². The molecule has 0 aromatic heterocycles. The van der Waals surface area contributed by atoms with Crippen LogP contribution >= 0.6 is 0 Å². The van der Waals surface area contributed by atoms with Crippen LogP contribution in [0.5, 0.6) is 0 Å². The number of rotatable bonds is 2. The second-order valence-corrected chi connectivity index (χ2v) is 7.35. The predicted octanol–water partition coefficient (Wildman–Crippen LogP) is 2.14. The zero-order valence-electron chi connectivity index (χ0n) is 14.4. The Morgan fingerprint density at radius 2 is 1.79 bits per heavy atom. The fourth-order valence-electron chi connectivity index (χ4n) is 4.41. The fraction of sp³-hybridized carbons (Fsp3) is 0.632. The number of urea groups is 1. The zero-order chi connectivity index (χ0) is 16.4. The molecule has 4 rings (SSSR count). The van der Waals surface area contributed by atoms with Gasteiger partial charge in [0.1, 0.15) is 0 Å². The van der Waals surface area contributed by atoms with Crippen LogP contribution in [-0.2, 0) is 0 Å². The third-order valence-electron chi connectivity index (χ3n) is 5.74. The number of hydrogen-bond donors (Lipinski definition) is 1. The number of benzene rings is 1. The Bertz CT molecular complexity index is 564. The standard InChI is InChI=1S/C19H28N4O/c24-19(23-13-12-21-10-5-9-18(21)15-23)20-16-6-4-11-22(14-16)17-7-2-1-3-8-17/h1-3,7-8,16,18H,4-6,9-15H2,(H,20,24). The average molecular weight is 328 g/mol. The van der Waals surface area contributed by atoms with Crippen molar-refractivity contribution >= 4 is 11.7 Å². The number of fused-ring (bicyclic) bond motifs is 1. The van der Waals surface area contributed by atoms with Gasteiger partial charge in [-0.2, -0.15) is 0 Å². The number of nitrogens with zero attached hydrogens (tertiary/aromatic N) is 3. The topological polar surface area (TPSA) is 38.8 Å². The van der Waals surface area contributed by atoms with E-state index in [2.05, 4.69) is 45.4 Å². The molecule has 0 radical (unpaired) electrons. The minimum absolute atomic E-state index is 0.140. The van der Waals surface area contributed by atoms with E-state index < -0.39 is 0 Å². The molecule has 0 saturated carbocycles. The van der Waals surface area contributed by atoms with Gasteiger partial charge in [-0.15, -0.1) is 0 Å². The summed E-state index contributed by atoms with van der Waals surface area (Å²) in [7, 11) is 0. The molecule has 3 fully saturated rings. The minimum Gasteiger partial charge on any atom is -0.369 e. The van der Waals surface area contributed by atoms with Crippen LogP contribution in [0.1, 0.15) is 25.7 Å². The van der Waals surface area contributed by atoms with Gasteiger partial charge in [0.15, 0.2) is 0 Å². The molecule has 1 aromatic carbocycles. The van der Waals surface area contributed by atoms with E-state index in [9.17, 15) is 4.79 Å². The highest BCUT2D eigenvalue weighted by Crippen LogP contribution is 2.22. The first-order valence-electron chi connectivity index (χ1n) is 9.39. The molecular weight excluding hydrogens is 300 g/mol. The molecule has 1 aromatic rings. The number of anilines is 1. The maximum absolute atomic E-state index is 12.7. The van der Waals surface area contributed by atoms with Crippen LogP contribution < -0.4 is 10.2 Å². The summed E-state index contributed by atoms with van der Waals surface area (Å²) in [6.45, 7) is 6.03. The van der Waals surface area contributed by atoms with Crippen LogP contribution in [0.25, 0.3) is 0 Å². The molecule has 3 aliphatic rings. The van der Waals surface area contributed by atoms with Gasteiger partial charge < -0.3 is 15.1 Å². The second-order valence-electron chi connectivity index (χ2n) is 7.35. The second kappa shape index (κ2) is 7.01. The first kappa shape index (κ1) is 15.8. The first-order chi connectivity index (χ1) is 11.8. The Labute approximate surface area is 144 Å². The van der Waals surface area contributed by atoms with E-state index in [4.69, 9.17) is 0 Å². The fourth-order valence-corrected chi connectivity index (χ4v) is 4.41. The lowest BCUT2D eigenvalue weighted by atomic mass is 10.0. The lowest BCUT2D eigenvalue weighted by Gasteiger charge is -2.39. The molecule has 0 spiro atoms. The van der Waals surface area contributed by atoms with E-state index in [-0.39, 0.29) is 12.1 Å². The Morgan fingerprint density at radius 3 is 2.67 bits per heavy atom. The quantitative estimate of drug-likeness (QED) is 0.904. The van der Waals surface area contributed by atoms with Gasteiger partial charge in [0.05, 0.1) is 0 Å². The van der Waals surface area contributed by atoms with Crippen molar-refractivity contribution in [1.29, 1.82) is 0 Å². The number of carbonyl (C=O) groups is 1. The highest BCUT2D eigenvalue weighted by Gasteiger charge is 2.33. The minimum atomic E-state index is 0.140. The van der Waals surface area contributed by atoms with Crippen molar-refractivity contribution in [3.05, 3.63) is 30.3 Å². The number of piperidine rings is 1. The van der Waals surface area contributed by atoms with Crippen molar-refractivity contribution in [2.24, 2.45) is 0 Å². The Hall–Kier alpha value is -1.75. The van der Waals surface area contributed by atoms with Gasteiger partial charge in [-0.3, -0.25) is 4.90 Å². The van der Waals surface area contributed by atoms with Crippen molar-refractivity contribution in [2.45, 2.75) is 37.8 Å². The van der Waals surface area contributed by atoms with Crippen LogP contribution in [0, 0.1) is 0 Å². The molecule has 2 atom stereocenters. The largest absolute Gasteiger partial charge is 0.369 e. The monoisotopic (exact) mass is 328 g/mol. The lowest BCUT2D eigenvalue weighted by Crippen LogP contribution is -2.57. The van der Waals surface area contributed by atoms with Crippen molar-refractivity contribution < 1.29 is 4.79 Å². The molecule has 24 heavy (non-hydrogen) atoms. The van der Waals surface area contributed by atoms with Crippen molar-refractivity contribution in [3.8, 4) is 0 Å². The molecule has 3 aliphatic heterocycles. The molecular formula is C19H28N4O. The third kappa shape index (κ3) is 3.36. The molecule has 3 saturated heterocycles. The summed E-state index contributed by atoms with van der Waals surface area (Å²) in [5.41, 5.74) is 1.26.